The molecule has 2 rings (SSSR count). The van der Waals surface area contributed by atoms with E-state index in [9.17, 15) is 9.90 Å². The lowest BCUT2D eigenvalue weighted by molar-refractivity contribution is -0.162. The van der Waals surface area contributed by atoms with Gasteiger partial charge in [-0.3, -0.25) is 9.63 Å². The monoisotopic (exact) mass is 295 g/mol. The number of hydroxylamine groups is 2. The molecule has 2 fully saturated rings. The molecule has 5 atom stereocenters. The highest BCUT2D eigenvalue weighted by Gasteiger charge is 2.51. The molecule has 4 heteroatoms. The highest BCUT2D eigenvalue weighted by Crippen LogP contribution is 2.57. The smallest absolute Gasteiger partial charge is 0.269 e. The lowest BCUT2D eigenvalue weighted by atomic mass is 9.62. The van der Waals surface area contributed by atoms with Gasteiger partial charge in [0.15, 0.2) is 0 Å². The molecule has 0 saturated heterocycles. The van der Waals surface area contributed by atoms with Gasteiger partial charge in [-0.2, -0.15) is 0 Å². The van der Waals surface area contributed by atoms with Crippen molar-refractivity contribution in [2.45, 2.75) is 52.1 Å². The van der Waals surface area contributed by atoms with Crippen molar-refractivity contribution in [1.82, 2.24) is 5.06 Å². The van der Waals surface area contributed by atoms with Gasteiger partial charge in [0.25, 0.3) is 5.91 Å². The Morgan fingerprint density at radius 3 is 2.81 bits per heavy atom. The van der Waals surface area contributed by atoms with Crippen LogP contribution in [0.15, 0.2) is 12.2 Å². The molecule has 0 radical (unpaired) electrons. The lowest BCUT2D eigenvalue weighted by Crippen LogP contribution is -2.41. The number of aliphatic hydroxyl groups excluding tert-OH is 1. The van der Waals surface area contributed by atoms with Crippen LogP contribution in [0.4, 0.5) is 0 Å². The summed E-state index contributed by atoms with van der Waals surface area (Å²) >= 11 is 0. The highest BCUT2D eigenvalue weighted by molar-refractivity contribution is 5.86. The molecule has 4 nitrogen and oxygen atoms in total. The molecule has 120 valence electrons. The number of amides is 1. The van der Waals surface area contributed by atoms with Crippen LogP contribution in [0.25, 0.3) is 0 Å². The fourth-order valence-electron chi connectivity index (χ4n) is 4.62. The molecule has 0 heterocycles. The van der Waals surface area contributed by atoms with Crippen molar-refractivity contribution in [2.75, 3.05) is 14.2 Å². The van der Waals surface area contributed by atoms with E-state index < -0.39 is 0 Å². The number of hydrogen-bond donors (Lipinski definition) is 1. The highest BCUT2D eigenvalue weighted by atomic mass is 16.7. The third kappa shape index (κ3) is 3.16. The quantitative estimate of drug-likeness (QED) is 0.641. The number of carbonyl (C=O) groups excluding carboxylic acids is 1. The van der Waals surface area contributed by atoms with Crippen LogP contribution < -0.4 is 0 Å². The summed E-state index contributed by atoms with van der Waals surface area (Å²) in [4.78, 5) is 16.7. The second-order valence-corrected chi connectivity index (χ2v) is 6.99. The molecule has 1 N–H and O–H groups in total. The Kier molecular flexibility index (Phi) is 5.10. The van der Waals surface area contributed by atoms with Gasteiger partial charge in [0.2, 0.25) is 0 Å². The van der Waals surface area contributed by atoms with Gasteiger partial charge in [-0.15, -0.1) is 0 Å². The van der Waals surface area contributed by atoms with E-state index in [-0.39, 0.29) is 17.4 Å². The van der Waals surface area contributed by atoms with Crippen LogP contribution in [0, 0.1) is 23.2 Å². The molecule has 0 aromatic carbocycles. The minimum absolute atomic E-state index is 0.132. The number of fused-ring (bicyclic) bond motifs is 1. The number of hydrogen-bond acceptors (Lipinski definition) is 3. The zero-order valence-electron chi connectivity index (χ0n) is 13.7. The van der Waals surface area contributed by atoms with Crippen molar-refractivity contribution in [3.63, 3.8) is 0 Å². The van der Waals surface area contributed by atoms with Crippen molar-refractivity contribution in [3.05, 3.63) is 12.2 Å². The largest absolute Gasteiger partial charge is 0.393 e. The van der Waals surface area contributed by atoms with E-state index in [2.05, 4.69) is 13.8 Å². The third-order valence-corrected chi connectivity index (χ3v) is 5.92. The van der Waals surface area contributed by atoms with Crippen molar-refractivity contribution in [2.24, 2.45) is 23.2 Å². The van der Waals surface area contributed by atoms with Gasteiger partial charge in [-0.05, 0) is 48.9 Å². The van der Waals surface area contributed by atoms with Gasteiger partial charge in [-0.1, -0.05) is 26.3 Å². The van der Waals surface area contributed by atoms with Crippen LogP contribution >= 0.6 is 0 Å². The van der Waals surface area contributed by atoms with Gasteiger partial charge in [-0.25, -0.2) is 5.06 Å². The van der Waals surface area contributed by atoms with Gasteiger partial charge >= 0.3 is 0 Å². The predicted molar refractivity (Wildman–Crippen MR) is 82.3 cm³/mol. The summed E-state index contributed by atoms with van der Waals surface area (Å²) in [6.45, 7) is 4.53. The van der Waals surface area contributed by atoms with E-state index >= 15 is 0 Å². The summed E-state index contributed by atoms with van der Waals surface area (Å²) in [5.41, 5.74) is 0.220. The Hall–Kier alpha value is -0.870. The number of carbonyl (C=O) groups is 1. The summed E-state index contributed by atoms with van der Waals surface area (Å²) < 4.78 is 0. The molecular formula is C17H29NO3. The first-order chi connectivity index (χ1) is 9.90. The first kappa shape index (κ1) is 16.5. The zero-order valence-corrected chi connectivity index (χ0v) is 13.7. The SMILES string of the molecule is CON(C)C(=O)C=CC(C)C1CCC2C(O)CCCC12C. The topological polar surface area (TPSA) is 49.8 Å². The maximum atomic E-state index is 11.8. The minimum atomic E-state index is -0.133. The maximum absolute atomic E-state index is 11.8. The summed E-state index contributed by atoms with van der Waals surface area (Å²) in [7, 11) is 3.10. The normalized spacial score (nSPS) is 37.5. The molecule has 0 spiro atoms. The molecule has 0 aromatic rings. The molecule has 1 amide bonds. The van der Waals surface area contributed by atoms with Gasteiger partial charge in [0, 0.05) is 13.1 Å². The van der Waals surface area contributed by atoms with Crippen LogP contribution in [-0.4, -0.2) is 36.3 Å². The molecular weight excluding hydrogens is 266 g/mol. The van der Waals surface area contributed by atoms with Crippen LogP contribution in [0.3, 0.4) is 0 Å². The Bertz CT molecular complexity index is 409. The Balaban J connectivity index is 2.04. The van der Waals surface area contributed by atoms with Crippen LogP contribution in [0.5, 0.6) is 0 Å². The number of allylic oxidation sites excluding steroid dienone is 1. The summed E-state index contributed by atoms with van der Waals surface area (Å²) in [6, 6.07) is 0. The summed E-state index contributed by atoms with van der Waals surface area (Å²) in [5, 5.41) is 11.5. The first-order valence-corrected chi connectivity index (χ1v) is 8.08. The minimum Gasteiger partial charge on any atom is -0.393 e. The van der Waals surface area contributed by atoms with Crippen molar-refractivity contribution in [3.8, 4) is 0 Å². The number of likely N-dealkylation sites (N-methyl/N-ethyl adjacent to an activating group) is 1. The summed E-state index contributed by atoms with van der Waals surface area (Å²) in [5.74, 6) is 1.20. The van der Waals surface area contributed by atoms with E-state index in [0.29, 0.717) is 17.8 Å². The zero-order chi connectivity index (χ0) is 15.6. The summed E-state index contributed by atoms with van der Waals surface area (Å²) in [6.07, 6.45) is 9.03. The van der Waals surface area contributed by atoms with E-state index in [4.69, 9.17) is 4.84 Å². The maximum Gasteiger partial charge on any atom is 0.269 e. The average Bonchev–Trinajstić information content (AvgIpc) is 2.82. The second-order valence-electron chi connectivity index (χ2n) is 6.99. The van der Waals surface area contributed by atoms with Crippen molar-refractivity contribution < 1.29 is 14.7 Å². The standard InChI is InChI=1S/C17H29NO3/c1-12(7-10-16(20)18(3)21-4)13-8-9-14-15(19)6-5-11-17(13,14)2/h7,10,12-15,19H,5-6,8-9,11H2,1-4H3. The van der Waals surface area contributed by atoms with E-state index in [1.165, 1.54) is 18.6 Å². The fraction of sp³-hybridized carbons (Fsp3) is 0.824. The van der Waals surface area contributed by atoms with Crippen molar-refractivity contribution >= 4 is 5.91 Å². The van der Waals surface area contributed by atoms with Crippen LogP contribution in [0.1, 0.15) is 46.0 Å². The van der Waals surface area contributed by atoms with E-state index in [0.717, 1.165) is 25.7 Å². The number of nitrogens with zero attached hydrogens (tertiary/aromatic N) is 1. The lowest BCUT2D eigenvalue weighted by Gasteiger charge is -2.44. The number of rotatable bonds is 4. The molecule has 2 aliphatic rings. The Labute approximate surface area is 128 Å². The van der Waals surface area contributed by atoms with Crippen LogP contribution in [0.2, 0.25) is 0 Å². The molecule has 5 unspecified atom stereocenters. The third-order valence-electron chi connectivity index (χ3n) is 5.92. The Morgan fingerprint density at radius 1 is 1.43 bits per heavy atom. The predicted octanol–water partition coefficient (Wildman–Crippen LogP) is 2.78. The average molecular weight is 295 g/mol. The van der Waals surface area contributed by atoms with Gasteiger partial charge < -0.3 is 5.11 Å². The molecule has 0 bridgehead atoms. The molecule has 2 saturated carbocycles. The van der Waals surface area contributed by atoms with Gasteiger partial charge in [0.05, 0.1) is 13.2 Å². The van der Waals surface area contributed by atoms with E-state index in [1.807, 2.05) is 6.08 Å². The molecule has 21 heavy (non-hydrogen) atoms. The molecule has 2 aliphatic carbocycles. The van der Waals surface area contributed by atoms with E-state index in [1.54, 1.807) is 13.1 Å². The Morgan fingerprint density at radius 2 is 2.14 bits per heavy atom. The molecule has 0 aromatic heterocycles. The van der Waals surface area contributed by atoms with Crippen molar-refractivity contribution in [1.29, 1.82) is 0 Å². The first-order valence-electron chi connectivity index (χ1n) is 8.08. The van der Waals surface area contributed by atoms with Gasteiger partial charge in [0.1, 0.15) is 0 Å². The fourth-order valence-corrected chi connectivity index (χ4v) is 4.62. The second kappa shape index (κ2) is 6.49. The number of aliphatic hydroxyl groups is 1. The molecule has 0 aliphatic heterocycles. The van der Waals surface area contributed by atoms with Crippen LogP contribution in [-0.2, 0) is 9.63 Å².